The second kappa shape index (κ2) is 6.62. The lowest BCUT2D eigenvalue weighted by Crippen LogP contribution is -2.35. The second-order valence-electron chi connectivity index (χ2n) is 4.64. The Kier molecular flexibility index (Phi) is 5.13. The minimum atomic E-state index is 0.0770. The molecule has 0 saturated carbocycles. The molecule has 2 atom stereocenters. The van der Waals surface area contributed by atoms with Crippen molar-refractivity contribution in [1.82, 2.24) is 5.32 Å². The van der Waals surface area contributed by atoms with Gasteiger partial charge in [-0.25, -0.2) is 0 Å². The largest absolute Gasteiger partial charge is 0.349 e. The van der Waals surface area contributed by atoms with Crippen molar-refractivity contribution < 1.29 is 4.79 Å². The summed E-state index contributed by atoms with van der Waals surface area (Å²) < 4.78 is 1.06. The highest BCUT2D eigenvalue weighted by Gasteiger charge is 2.22. The molecule has 1 aromatic carbocycles. The molecule has 1 N–H and O–H groups in total. The van der Waals surface area contributed by atoms with Crippen molar-refractivity contribution in [2.75, 3.05) is 5.75 Å². The number of benzene rings is 1. The van der Waals surface area contributed by atoms with E-state index in [4.69, 9.17) is 0 Å². The Bertz CT molecular complexity index is 401. The van der Waals surface area contributed by atoms with Gasteiger partial charge in [-0.15, -0.1) is 11.8 Å². The minimum absolute atomic E-state index is 0.0770. The van der Waals surface area contributed by atoms with E-state index in [1.54, 1.807) is 11.8 Å². The molecule has 4 heteroatoms. The smallest absolute Gasteiger partial charge is 0.233 e. The molecule has 1 aromatic rings. The van der Waals surface area contributed by atoms with Crippen LogP contribution in [0.4, 0.5) is 0 Å². The van der Waals surface area contributed by atoms with Gasteiger partial charge in [0.25, 0.3) is 0 Å². The molecule has 1 aliphatic rings. The lowest BCUT2D eigenvalue weighted by molar-refractivity contribution is -0.121. The molecule has 2 unspecified atom stereocenters. The standard InChI is InChI=1S/C14H18BrNOS/c1-10(11-5-7-12(15)8-6-11)16-14(17)13-4-2-3-9-18-13/h5-8,10,13H,2-4,9H2,1H3,(H,16,17). The van der Waals surface area contributed by atoms with Crippen LogP contribution in [-0.4, -0.2) is 16.9 Å². The van der Waals surface area contributed by atoms with Gasteiger partial charge < -0.3 is 5.32 Å². The Morgan fingerprint density at radius 1 is 1.39 bits per heavy atom. The molecule has 0 aliphatic carbocycles. The van der Waals surface area contributed by atoms with E-state index in [-0.39, 0.29) is 17.2 Å². The molecule has 98 valence electrons. The van der Waals surface area contributed by atoms with Gasteiger partial charge in [-0.2, -0.15) is 0 Å². The summed E-state index contributed by atoms with van der Waals surface area (Å²) >= 11 is 5.21. The van der Waals surface area contributed by atoms with Gasteiger partial charge in [0.15, 0.2) is 0 Å². The fourth-order valence-electron chi connectivity index (χ4n) is 2.09. The average Bonchev–Trinajstić information content (AvgIpc) is 2.40. The number of carbonyl (C=O) groups is 1. The highest BCUT2D eigenvalue weighted by Crippen LogP contribution is 2.26. The number of rotatable bonds is 3. The molecule has 1 amide bonds. The van der Waals surface area contributed by atoms with Crippen LogP contribution in [0.25, 0.3) is 0 Å². The van der Waals surface area contributed by atoms with E-state index in [0.717, 1.165) is 22.2 Å². The molecular formula is C14H18BrNOS. The zero-order valence-electron chi connectivity index (χ0n) is 10.5. The predicted octanol–water partition coefficient (Wildman–Crippen LogP) is 3.91. The molecule has 1 saturated heterocycles. The van der Waals surface area contributed by atoms with E-state index in [0.29, 0.717) is 0 Å². The van der Waals surface area contributed by atoms with Crippen molar-refractivity contribution >= 4 is 33.6 Å². The summed E-state index contributed by atoms with van der Waals surface area (Å²) in [6.45, 7) is 2.04. The van der Waals surface area contributed by atoms with Crippen LogP contribution in [0.15, 0.2) is 28.7 Å². The maximum Gasteiger partial charge on any atom is 0.233 e. The molecule has 0 spiro atoms. The molecular weight excluding hydrogens is 310 g/mol. The van der Waals surface area contributed by atoms with Crippen LogP contribution in [0.3, 0.4) is 0 Å². The number of hydrogen-bond donors (Lipinski definition) is 1. The van der Waals surface area contributed by atoms with E-state index in [9.17, 15) is 4.79 Å². The van der Waals surface area contributed by atoms with Crippen LogP contribution in [0.2, 0.25) is 0 Å². The van der Waals surface area contributed by atoms with Gasteiger partial charge in [-0.1, -0.05) is 34.5 Å². The maximum absolute atomic E-state index is 12.1. The molecule has 0 bridgehead atoms. The highest BCUT2D eigenvalue weighted by molar-refractivity contribution is 9.10. The second-order valence-corrected chi connectivity index (χ2v) is 6.86. The Morgan fingerprint density at radius 2 is 2.11 bits per heavy atom. The monoisotopic (exact) mass is 327 g/mol. The first-order chi connectivity index (χ1) is 8.66. The number of amides is 1. The minimum Gasteiger partial charge on any atom is -0.349 e. The van der Waals surface area contributed by atoms with E-state index < -0.39 is 0 Å². The van der Waals surface area contributed by atoms with Crippen molar-refractivity contribution in [2.24, 2.45) is 0 Å². The van der Waals surface area contributed by atoms with Gasteiger partial charge in [0.1, 0.15) is 0 Å². The number of thioether (sulfide) groups is 1. The third-order valence-electron chi connectivity index (χ3n) is 3.20. The van der Waals surface area contributed by atoms with Crippen molar-refractivity contribution in [1.29, 1.82) is 0 Å². The van der Waals surface area contributed by atoms with Crippen molar-refractivity contribution in [3.05, 3.63) is 34.3 Å². The molecule has 1 aliphatic heterocycles. The Morgan fingerprint density at radius 3 is 2.72 bits per heavy atom. The SMILES string of the molecule is CC(NC(=O)C1CCCCS1)c1ccc(Br)cc1. The van der Waals surface area contributed by atoms with E-state index in [1.807, 2.05) is 31.2 Å². The lowest BCUT2D eigenvalue weighted by Gasteiger charge is -2.23. The molecule has 1 heterocycles. The van der Waals surface area contributed by atoms with Gasteiger partial charge >= 0.3 is 0 Å². The molecule has 2 rings (SSSR count). The third-order valence-corrected chi connectivity index (χ3v) is 5.11. The lowest BCUT2D eigenvalue weighted by atomic mass is 10.1. The van der Waals surface area contributed by atoms with Crippen LogP contribution in [0.1, 0.15) is 37.8 Å². The zero-order chi connectivity index (χ0) is 13.0. The van der Waals surface area contributed by atoms with Crippen molar-refractivity contribution in [3.63, 3.8) is 0 Å². The average molecular weight is 328 g/mol. The summed E-state index contributed by atoms with van der Waals surface area (Å²) in [5, 5.41) is 3.26. The summed E-state index contributed by atoms with van der Waals surface area (Å²) in [5.74, 6) is 1.31. The van der Waals surface area contributed by atoms with Gasteiger partial charge in [0, 0.05) is 4.47 Å². The summed E-state index contributed by atoms with van der Waals surface area (Å²) in [4.78, 5) is 12.1. The van der Waals surface area contributed by atoms with Crippen molar-refractivity contribution in [3.8, 4) is 0 Å². The number of nitrogens with one attached hydrogen (secondary N) is 1. The van der Waals surface area contributed by atoms with Crippen LogP contribution in [0, 0.1) is 0 Å². The Hall–Kier alpha value is -0.480. The Balaban J connectivity index is 1.91. The number of halogens is 1. The first-order valence-corrected chi connectivity index (χ1v) is 8.18. The van der Waals surface area contributed by atoms with Crippen LogP contribution in [0.5, 0.6) is 0 Å². The van der Waals surface area contributed by atoms with E-state index in [2.05, 4.69) is 21.2 Å². The van der Waals surface area contributed by atoms with Gasteiger partial charge in [0.2, 0.25) is 5.91 Å². The van der Waals surface area contributed by atoms with Crippen LogP contribution < -0.4 is 5.32 Å². The van der Waals surface area contributed by atoms with Gasteiger partial charge in [-0.3, -0.25) is 4.79 Å². The first kappa shape index (κ1) is 13.9. The number of hydrogen-bond acceptors (Lipinski definition) is 2. The van der Waals surface area contributed by atoms with Crippen LogP contribution >= 0.6 is 27.7 Å². The first-order valence-electron chi connectivity index (χ1n) is 6.34. The van der Waals surface area contributed by atoms with E-state index in [1.165, 1.54) is 12.8 Å². The highest BCUT2D eigenvalue weighted by atomic mass is 79.9. The Labute approximate surface area is 121 Å². The van der Waals surface area contributed by atoms with Gasteiger partial charge in [-0.05, 0) is 43.2 Å². The van der Waals surface area contributed by atoms with Gasteiger partial charge in [0.05, 0.1) is 11.3 Å². The fourth-order valence-corrected chi connectivity index (χ4v) is 3.56. The predicted molar refractivity (Wildman–Crippen MR) is 80.8 cm³/mol. The maximum atomic E-state index is 12.1. The van der Waals surface area contributed by atoms with E-state index >= 15 is 0 Å². The summed E-state index contributed by atoms with van der Waals surface area (Å²) in [6.07, 6.45) is 3.44. The summed E-state index contributed by atoms with van der Waals surface area (Å²) in [6, 6.07) is 8.18. The van der Waals surface area contributed by atoms with Crippen molar-refractivity contribution in [2.45, 2.75) is 37.5 Å². The summed E-state index contributed by atoms with van der Waals surface area (Å²) in [5.41, 5.74) is 1.15. The molecule has 0 aromatic heterocycles. The normalized spacial score (nSPS) is 21.3. The third kappa shape index (κ3) is 3.75. The quantitative estimate of drug-likeness (QED) is 0.911. The summed E-state index contributed by atoms with van der Waals surface area (Å²) in [7, 11) is 0. The molecule has 2 nitrogen and oxygen atoms in total. The number of carbonyl (C=O) groups excluding carboxylic acids is 1. The zero-order valence-corrected chi connectivity index (χ0v) is 12.9. The molecule has 1 fully saturated rings. The fraction of sp³-hybridized carbons (Fsp3) is 0.500. The molecule has 0 radical (unpaired) electrons. The van der Waals surface area contributed by atoms with Crippen LogP contribution in [-0.2, 0) is 4.79 Å². The molecule has 18 heavy (non-hydrogen) atoms. The topological polar surface area (TPSA) is 29.1 Å².